The van der Waals surface area contributed by atoms with Crippen molar-refractivity contribution >= 4 is 24.0 Å². The van der Waals surface area contributed by atoms with Gasteiger partial charge in [-0.1, -0.05) is 11.6 Å². The normalized spacial score (nSPS) is 8.64. The van der Waals surface area contributed by atoms with Gasteiger partial charge in [0, 0.05) is 17.2 Å². The van der Waals surface area contributed by atoms with Crippen LogP contribution in [-0.2, 0) is 0 Å². The summed E-state index contributed by atoms with van der Waals surface area (Å²) in [7, 11) is 0. The zero-order valence-electron chi connectivity index (χ0n) is 5.38. The summed E-state index contributed by atoms with van der Waals surface area (Å²) in [6.07, 6.45) is 0. The van der Waals surface area contributed by atoms with Crippen LogP contribution in [0.15, 0.2) is 18.2 Å². The van der Waals surface area contributed by atoms with Crippen molar-refractivity contribution in [3.8, 4) is 5.75 Å². The zero-order valence-corrected chi connectivity index (χ0v) is 6.95. The summed E-state index contributed by atoms with van der Waals surface area (Å²) in [5, 5.41) is 0.264. The fourth-order valence-electron chi connectivity index (χ4n) is 0.597. The van der Waals surface area contributed by atoms with Crippen molar-refractivity contribution in [3.05, 3.63) is 29.0 Å². The maximum Gasteiger partial charge on any atom is 0.151 e. The maximum atomic E-state index is 12.4. The van der Waals surface area contributed by atoms with Crippen molar-refractivity contribution in [2.45, 2.75) is 0 Å². The highest BCUT2D eigenvalue weighted by atomic mass is 35.5. The minimum atomic E-state index is -0.465. The molecule has 0 spiro atoms. The second-order valence-corrected chi connectivity index (χ2v) is 2.16. The molecule has 0 fully saturated rings. The largest absolute Gasteiger partial charge is 0.411 e. The molecule has 5 heteroatoms. The molecular formula is C6H6Cl2FNO. The van der Waals surface area contributed by atoms with Gasteiger partial charge in [0.25, 0.3) is 0 Å². The fraction of sp³-hybridized carbons (Fsp3) is 0. The Bertz CT molecular complexity index is 224. The van der Waals surface area contributed by atoms with Crippen LogP contribution < -0.4 is 10.7 Å². The van der Waals surface area contributed by atoms with Crippen LogP contribution in [0.3, 0.4) is 0 Å². The van der Waals surface area contributed by atoms with Crippen LogP contribution >= 0.6 is 24.0 Å². The highest BCUT2D eigenvalue weighted by Gasteiger charge is 1.97. The molecule has 0 radical (unpaired) electrons. The van der Waals surface area contributed by atoms with Gasteiger partial charge in [-0.15, -0.1) is 12.4 Å². The number of nitrogens with two attached hydrogens (primary N) is 1. The van der Waals surface area contributed by atoms with Gasteiger partial charge >= 0.3 is 0 Å². The van der Waals surface area contributed by atoms with Crippen LogP contribution in [0.2, 0.25) is 5.02 Å². The number of hydrogen-bond donors (Lipinski definition) is 1. The Kier molecular flexibility index (Phi) is 4.18. The molecule has 0 saturated carbocycles. The van der Waals surface area contributed by atoms with Crippen LogP contribution in [0, 0.1) is 5.82 Å². The first-order valence-corrected chi connectivity index (χ1v) is 2.93. The number of hydrogen-bond acceptors (Lipinski definition) is 2. The van der Waals surface area contributed by atoms with E-state index in [0.29, 0.717) is 0 Å². The average molecular weight is 198 g/mol. The molecule has 1 aromatic carbocycles. The SMILES string of the molecule is Cl.NOc1cc(F)cc(Cl)c1. The van der Waals surface area contributed by atoms with Gasteiger partial charge in [-0.25, -0.2) is 4.39 Å². The van der Waals surface area contributed by atoms with E-state index in [-0.39, 0.29) is 23.2 Å². The standard InChI is InChI=1S/C6H5ClFNO.ClH/c7-4-1-5(8)3-6(2-4)10-9;/h1-3H,9H2;1H. The third-order valence-corrected chi connectivity index (χ3v) is 1.19. The van der Waals surface area contributed by atoms with E-state index in [2.05, 4.69) is 4.84 Å². The average Bonchev–Trinajstić information content (AvgIpc) is 1.85. The molecule has 0 aliphatic rings. The van der Waals surface area contributed by atoms with E-state index in [1.807, 2.05) is 0 Å². The molecule has 0 saturated heterocycles. The van der Waals surface area contributed by atoms with Crippen LogP contribution in [0.25, 0.3) is 0 Å². The Morgan fingerprint density at radius 2 is 2.00 bits per heavy atom. The Hall–Kier alpha value is -0.510. The topological polar surface area (TPSA) is 35.2 Å². The van der Waals surface area contributed by atoms with E-state index in [0.717, 1.165) is 6.07 Å². The van der Waals surface area contributed by atoms with Gasteiger partial charge in [0.2, 0.25) is 0 Å². The van der Waals surface area contributed by atoms with Crippen molar-refractivity contribution in [1.82, 2.24) is 0 Å². The molecule has 1 rings (SSSR count). The molecule has 0 aromatic heterocycles. The van der Waals surface area contributed by atoms with E-state index in [1.54, 1.807) is 0 Å². The van der Waals surface area contributed by atoms with Crippen molar-refractivity contribution in [3.63, 3.8) is 0 Å². The molecule has 0 atom stereocenters. The van der Waals surface area contributed by atoms with Crippen LogP contribution in [0.4, 0.5) is 4.39 Å². The van der Waals surface area contributed by atoms with Crippen molar-refractivity contribution < 1.29 is 9.23 Å². The summed E-state index contributed by atoms with van der Waals surface area (Å²) in [4.78, 5) is 4.25. The lowest BCUT2D eigenvalue weighted by atomic mass is 10.3. The Morgan fingerprint density at radius 1 is 1.36 bits per heavy atom. The summed E-state index contributed by atoms with van der Waals surface area (Å²) in [6, 6.07) is 3.74. The molecule has 2 nitrogen and oxygen atoms in total. The monoisotopic (exact) mass is 197 g/mol. The fourth-order valence-corrected chi connectivity index (χ4v) is 0.808. The van der Waals surface area contributed by atoms with Crippen LogP contribution in [0.5, 0.6) is 5.75 Å². The smallest absolute Gasteiger partial charge is 0.151 e. The highest BCUT2D eigenvalue weighted by Crippen LogP contribution is 2.18. The maximum absolute atomic E-state index is 12.4. The van der Waals surface area contributed by atoms with Crippen molar-refractivity contribution in [2.24, 2.45) is 5.90 Å². The minimum Gasteiger partial charge on any atom is -0.411 e. The predicted molar refractivity (Wildman–Crippen MR) is 43.5 cm³/mol. The molecule has 1 aromatic rings. The minimum absolute atomic E-state index is 0. The lowest BCUT2D eigenvalue weighted by molar-refractivity contribution is 0.332. The Morgan fingerprint density at radius 3 is 2.45 bits per heavy atom. The molecule has 62 valence electrons. The van der Waals surface area contributed by atoms with E-state index in [9.17, 15) is 4.39 Å². The zero-order chi connectivity index (χ0) is 7.56. The summed E-state index contributed by atoms with van der Waals surface area (Å²) in [6.45, 7) is 0. The second-order valence-electron chi connectivity index (χ2n) is 1.72. The number of benzene rings is 1. The van der Waals surface area contributed by atoms with Gasteiger partial charge in [-0.2, -0.15) is 5.90 Å². The molecule has 0 bridgehead atoms. The molecule has 0 heterocycles. The molecule has 0 amide bonds. The predicted octanol–water partition coefficient (Wildman–Crippen LogP) is 2.15. The summed E-state index contributed by atoms with van der Waals surface area (Å²) >= 11 is 5.45. The summed E-state index contributed by atoms with van der Waals surface area (Å²) in [5.74, 6) is 4.51. The third-order valence-electron chi connectivity index (χ3n) is 0.972. The quantitative estimate of drug-likeness (QED) is 0.701. The van der Waals surface area contributed by atoms with Gasteiger partial charge in [0.05, 0.1) is 0 Å². The summed E-state index contributed by atoms with van der Waals surface area (Å²) < 4.78 is 12.4. The number of halogens is 3. The molecule has 0 aliphatic carbocycles. The molecule has 0 aliphatic heterocycles. The van der Waals surface area contributed by atoms with Crippen molar-refractivity contribution in [2.75, 3.05) is 0 Å². The Balaban J connectivity index is 0.000001000. The van der Waals surface area contributed by atoms with Gasteiger partial charge in [-0.3, -0.25) is 0 Å². The van der Waals surface area contributed by atoms with Gasteiger partial charge < -0.3 is 4.84 Å². The molecule has 0 unspecified atom stereocenters. The van der Waals surface area contributed by atoms with Gasteiger partial charge in [0.1, 0.15) is 5.82 Å². The van der Waals surface area contributed by atoms with E-state index in [1.165, 1.54) is 12.1 Å². The lowest BCUT2D eigenvalue weighted by Crippen LogP contribution is -2.01. The molecular weight excluding hydrogens is 192 g/mol. The second kappa shape index (κ2) is 4.38. The first kappa shape index (κ1) is 10.5. The van der Waals surface area contributed by atoms with Crippen LogP contribution in [0.1, 0.15) is 0 Å². The highest BCUT2D eigenvalue weighted by molar-refractivity contribution is 6.30. The van der Waals surface area contributed by atoms with Crippen molar-refractivity contribution in [1.29, 1.82) is 0 Å². The third kappa shape index (κ3) is 2.93. The van der Waals surface area contributed by atoms with E-state index < -0.39 is 5.82 Å². The Labute approximate surface area is 74.5 Å². The van der Waals surface area contributed by atoms with Crippen LogP contribution in [-0.4, -0.2) is 0 Å². The molecule has 11 heavy (non-hydrogen) atoms. The first-order chi connectivity index (χ1) is 4.72. The van der Waals surface area contributed by atoms with E-state index in [4.69, 9.17) is 17.5 Å². The van der Waals surface area contributed by atoms with Gasteiger partial charge in [-0.05, 0) is 6.07 Å². The first-order valence-electron chi connectivity index (χ1n) is 2.55. The van der Waals surface area contributed by atoms with Gasteiger partial charge in [0.15, 0.2) is 5.75 Å². The number of rotatable bonds is 1. The summed E-state index contributed by atoms with van der Waals surface area (Å²) in [5.41, 5.74) is 0. The molecule has 2 N–H and O–H groups in total. The van der Waals surface area contributed by atoms with E-state index >= 15 is 0 Å². The lowest BCUT2D eigenvalue weighted by Gasteiger charge is -1.97.